The second-order valence-corrected chi connectivity index (χ2v) is 3.77. The lowest BCUT2D eigenvalue weighted by Gasteiger charge is -2.08. The number of hydrogen-bond donors (Lipinski definition) is 3. The van der Waals surface area contributed by atoms with E-state index in [1.54, 1.807) is 30.3 Å². The normalized spacial score (nSPS) is 10.0. The van der Waals surface area contributed by atoms with Crippen LogP contribution in [0.2, 0.25) is 0 Å². The van der Waals surface area contributed by atoms with Crippen LogP contribution in [-0.2, 0) is 0 Å². The third-order valence-corrected chi connectivity index (χ3v) is 2.27. The number of rotatable bonds is 3. The molecule has 0 spiro atoms. The van der Waals surface area contributed by atoms with Crippen LogP contribution >= 0.6 is 0 Å². The number of hydrogen-bond acceptors (Lipinski definition) is 4. The molecule has 0 amide bonds. The minimum absolute atomic E-state index is 0.157. The van der Waals surface area contributed by atoms with E-state index in [0.29, 0.717) is 22.9 Å². The molecule has 2 rings (SSSR count). The maximum Gasteiger partial charge on any atom is 0.335 e. The Labute approximate surface area is 104 Å². The van der Waals surface area contributed by atoms with Crippen molar-refractivity contribution in [3.63, 3.8) is 0 Å². The molecule has 5 heteroatoms. The molecule has 0 atom stereocenters. The molecule has 18 heavy (non-hydrogen) atoms. The number of benzene rings is 2. The van der Waals surface area contributed by atoms with E-state index in [9.17, 15) is 4.79 Å². The molecule has 2 aromatic carbocycles. The van der Waals surface area contributed by atoms with Gasteiger partial charge < -0.3 is 21.3 Å². The summed E-state index contributed by atoms with van der Waals surface area (Å²) in [6, 6.07) is 11.0. The minimum atomic E-state index is -1.01. The van der Waals surface area contributed by atoms with Crippen LogP contribution in [0.4, 0.5) is 11.4 Å². The van der Waals surface area contributed by atoms with Gasteiger partial charge >= 0.3 is 5.97 Å². The Morgan fingerprint density at radius 2 is 1.67 bits per heavy atom. The number of anilines is 2. The molecule has 0 aliphatic heterocycles. The van der Waals surface area contributed by atoms with Crippen molar-refractivity contribution >= 4 is 17.3 Å². The van der Waals surface area contributed by atoms with E-state index < -0.39 is 5.97 Å². The van der Waals surface area contributed by atoms with Crippen molar-refractivity contribution in [2.75, 3.05) is 11.5 Å². The van der Waals surface area contributed by atoms with Crippen LogP contribution in [0.1, 0.15) is 10.4 Å². The first kappa shape index (κ1) is 11.8. The predicted molar refractivity (Wildman–Crippen MR) is 68.7 cm³/mol. The SMILES string of the molecule is Nc1cc(N)cc(Oc2cccc(C(=O)O)c2)c1. The van der Waals surface area contributed by atoms with E-state index in [1.807, 2.05) is 0 Å². The lowest BCUT2D eigenvalue weighted by molar-refractivity contribution is 0.0696. The highest BCUT2D eigenvalue weighted by Crippen LogP contribution is 2.26. The second-order valence-electron chi connectivity index (χ2n) is 3.77. The number of carbonyl (C=O) groups is 1. The van der Waals surface area contributed by atoms with Crippen LogP contribution in [0.5, 0.6) is 11.5 Å². The van der Waals surface area contributed by atoms with Gasteiger partial charge in [0.05, 0.1) is 5.56 Å². The highest BCUT2D eigenvalue weighted by Gasteiger charge is 2.05. The summed E-state index contributed by atoms with van der Waals surface area (Å²) in [6.07, 6.45) is 0. The van der Waals surface area contributed by atoms with Gasteiger partial charge in [0.1, 0.15) is 11.5 Å². The van der Waals surface area contributed by atoms with Crippen molar-refractivity contribution in [2.45, 2.75) is 0 Å². The molecule has 0 heterocycles. The molecular formula is C13H12N2O3. The zero-order chi connectivity index (χ0) is 13.1. The summed E-state index contributed by atoms with van der Waals surface area (Å²) in [6.45, 7) is 0. The fraction of sp³-hybridized carbons (Fsp3) is 0. The number of carboxylic acid groups (broad SMARTS) is 1. The second kappa shape index (κ2) is 4.67. The Balaban J connectivity index is 2.28. The average Bonchev–Trinajstić information content (AvgIpc) is 2.27. The van der Waals surface area contributed by atoms with Crippen molar-refractivity contribution in [3.05, 3.63) is 48.0 Å². The smallest absolute Gasteiger partial charge is 0.335 e. The number of aromatic carboxylic acids is 1. The lowest BCUT2D eigenvalue weighted by Crippen LogP contribution is -1.96. The van der Waals surface area contributed by atoms with Gasteiger partial charge in [0.15, 0.2) is 0 Å². The molecule has 5 nitrogen and oxygen atoms in total. The highest BCUT2D eigenvalue weighted by atomic mass is 16.5. The van der Waals surface area contributed by atoms with E-state index in [-0.39, 0.29) is 5.56 Å². The molecule has 0 bridgehead atoms. The maximum absolute atomic E-state index is 10.8. The molecule has 0 saturated heterocycles. The van der Waals surface area contributed by atoms with Gasteiger partial charge in [-0.1, -0.05) is 6.07 Å². The zero-order valence-corrected chi connectivity index (χ0v) is 9.46. The highest BCUT2D eigenvalue weighted by molar-refractivity contribution is 5.88. The van der Waals surface area contributed by atoms with Crippen LogP contribution in [0.25, 0.3) is 0 Å². The number of ether oxygens (including phenoxy) is 1. The van der Waals surface area contributed by atoms with Crippen LogP contribution in [0, 0.1) is 0 Å². The quantitative estimate of drug-likeness (QED) is 0.720. The molecule has 92 valence electrons. The van der Waals surface area contributed by atoms with Gasteiger partial charge in [-0.2, -0.15) is 0 Å². The fourth-order valence-corrected chi connectivity index (χ4v) is 1.53. The number of nitrogen functional groups attached to an aromatic ring is 2. The van der Waals surface area contributed by atoms with Crippen molar-refractivity contribution < 1.29 is 14.6 Å². The van der Waals surface area contributed by atoms with E-state index >= 15 is 0 Å². The molecule has 0 saturated carbocycles. The van der Waals surface area contributed by atoms with Gasteiger partial charge in [-0.3, -0.25) is 0 Å². The summed E-state index contributed by atoms with van der Waals surface area (Å²) in [5.41, 5.74) is 12.4. The topological polar surface area (TPSA) is 98.6 Å². The Bertz CT molecular complexity index is 576. The largest absolute Gasteiger partial charge is 0.478 e. The van der Waals surface area contributed by atoms with E-state index in [2.05, 4.69) is 0 Å². The monoisotopic (exact) mass is 244 g/mol. The average molecular weight is 244 g/mol. The summed E-state index contributed by atoms with van der Waals surface area (Å²) < 4.78 is 5.51. The third-order valence-electron chi connectivity index (χ3n) is 2.27. The summed E-state index contributed by atoms with van der Waals surface area (Å²) in [4.78, 5) is 10.8. The molecule has 0 radical (unpaired) electrons. The molecule has 0 unspecified atom stereocenters. The first-order chi connectivity index (χ1) is 8.54. The van der Waals surface area contributed by atoms with Crippen molar-refractivity contribution in [1.82, 2.24) is 0 Å². The predicted octanol–water partition coefficient (Wildman–Crippen LogP) is 2.34. The van der Waals surface area contributed by atoms with Crippen molar-refractivity contribution in [2.24, 2.45) is 0 Å². The van der Waals surface area contributed by atoms with E-state index in [1.165, 1.54) is 12.1 Å². The van der Waals surface area contributed by atoms with Crippen molar-refractivity contribution in [3.8, 4) is 11.5 Å². The molecule has 5 N–H and O–H groups in total. The van der Waals surface area contributed by atoms with Crippen LogP contribution < -0.4 is 16.2 Å². The van der Waals surface area contributed by atoms with Gasteiger partial charge in [-0.15, -0.1) is 0 Å². The van der Waals surface area contributed by atoms with Crippen LogP contribution in [0.15, 0.2) is 42.5 Å². The van der Waals surface area contributed by atoms with Gasteiger partial charge in [0.25, 0.3) is 0 Å². The van der Waals surface area contributed by atoms with Gasteiger partial charge in [-0.25, -0.2) is 4.79 Å². The fourth-order valence-electron chi connectivity index (χ4n) is 1.53. The Kier molecular flexibility index (Phi) is 3.05. The molecule has 0 aliphatic carbocycles. The van der Waals surface area contributed by atoms with Crippen molar-refractivity contribution in [1.29, 1.82) is 0 Å². The summed E-state index contributed by atoms with van der Waals surface area (Å²) in [7, 11) is 0. The van der Waals surface area contributed by atoms with Gasteiger partial charge in [0, 0.05) is 23.5 Å². The Hall–Kier alpha value is -2.69. The number of nitrogens with two attached hydrogens (primary N) is 2. The number of carboxylic acids is 1. The van der Waals surface area contributed by atoms with Gasteiger partial charge in [0.2, 0.25) is 0 Å². The zero-order valence-electron chi connectivity index (χ0n) is 9.46. The third kappa shape index (κ3) is 2.70. The molecule has 0 aromatic heterocycles. The first-order valence-electron chi connectivity index (χ1n) is 5.22. The molecular weight excluding hydrogens is 232 g/mol. The maximum atomic E-state index is 10.8. The first-order valence-corrected chi connectivity index (χ1v) is 5.22. The van der Waals surface area contributed by atoms with E-state index in [4.69, 9.17) is 21.3 Å². The van der Waals surface area contributed by atoms with Crippen LogP contribution in [0.3, 0.4) is 0 Å². The summed E-state index contributed by atoms with van der Waals surface area (Å²) in [5, 5.41) is 8.87. The Morgan fingerprint density at radius 3 is 2.28 bits per heavy atom. The summed E-state index contributed by atoms with van der Waals surface area (Å²) >= 11 is 0. The summed E-state index contributed by atoms with van der Waals surface area (Å²) in [5.74, 6) is -0.123. The van der Waals surface area contributed by atoms with E-state index in [0.717, 1.165) is 0 Å². The van der Waals surface area contributed by atoms with Gasteiger partial charge in [-0.05, 0) is 24.3 Å². The lowest BCUT2D eigenvalue weighted by atomic mass is 10.2. The molecule has 0 fully saturated rings. The molecule has 2 aromatic rings. The minimum Gasteiger partial charge on any atom is -0.478 e. The molecule has 0 aliphatic rings. The standard InChI is InChI=1S/C13H12N2O3/c14-9-5-10(15)7-12(6-9)18-11-3-1-2-8(4-11)13(16)17/h1-7H,14-15H2,(H,16,17). The van der Waals surface area contributed by atoms with Crippen LogP contribution in [-0.4, -0.2) is 11.1 Å². The Morgan fingerprint density at radius 1 is 1.00 bits per heavy atom.